The monoisotopic (exact) mass is 562 g/mol. The summed E-state index contributed by atoms with van der Waals surface area (Å²) in [6.07, 6.45) is 0. The van der Waals surface area contributed by atoms with E-state index in [-0.39, 0.29) is 29.7 Å². The maximum atomic E-state index is 13.5. The topological polar surface area (TPSA) is 111 Å². The molecule has 2 amide bonds. The minimum Gasteiger partial charge on any atom is -0.497 e. The lowest BCUT2D eigenvalue weighted by atomic mass is 10.2. The predicted molar refractivity (Wildman–Crippen MR) is 151 cm³/mol. The number of thioether (sulfide) groups is 1. The van der Waals surface area contributed by atoms with Gasteiger partial charge < -0.3 is 15.0 Å². The van der Waals surface area contributed by atoms with Crippen LogP contribution in [0.2, 0.25) is 5.02 Å². The molecule has 0 aliphatic carbocycles. The molecule has 198 valence electrons. The van der Waals surface area contributed by atoms with Gasteiger partial charge in [-0.2, -0.15) is 0 Å². The molecule has 2 heterocycles. The van der Waals surface area contributed by atoms with E-state index in [1.165, 1.54) is 21.2 Å². The third-order valence-corrected chi connectivity index (χ3v) is 7.25. The van der Waals surface area contributed by atoms with Crippen molar-refractivity contribution in [3.63, 3.8) is 0 Å². The first-order valence-corrected chi connectivity index (χ1v) is 13.2. The van der Waals surface area contributed by atoms with Gasteiger partial charge in [-0.15, -0.1) is 10.2 Å². The normalized spacial score (nSPS) is 11.1. The van der Waals surface area contributed by atoms with Crippen LogP contribution in [0.5, 0.6) is 5.75 Å². The van der Waals surface area contributed by atoms with Crippen LogP contribution in [-0.4, -0.2) is 62.3 Å². The highest BCUT2D eigenvalue weighted by atomic mass is 35.5. The number of ether oxygens (including phenoxy) is 1. The molecule has 5 rings (SSSR count). The Morgan fingerprint density at radius 2 is 1.74 bits per heavy atom. The summed E-state index contributed by atoms with van der Waals surface area (Å²) in [7, 11) is 3.12. The number of amides is 2. The Morgan fingerprint density at radius 3 is 2.49 bits per heavy atom. The molecule has 12 heteroatoms. The fourth-order valence-corrected chi connectivity index (χ4v) is 5.09. The van der Waals surface area contributed by atoms with Gasteiger partial charge in [0.1, 0.15) is 5.75 Å². The minimum atomic E-state index is -0.369. The van der Waals surface area contributed by atoms with Crippen LogP contribution in [-0.2, 0) is 9.59 Å². The van der Waals surface area contributed by atoms with E-state index < -0.39 is 0 Å². The number of hydrogen-bond acceptors (Lipinski definition) is 7. The van der Waals surface area contributed by atoms with E-state index in [9.17, 15) is 14.4 Å². The van der Waals surface area contributed by atoms with E-state index in [4.69, 9.17) is 16.3 Å². The summed E-state index contributed by atoms with van der Waals surface area (Å²) in [6, 6.07) is 21.1. The highest BCUT2D eigenvalue weighted by Crippen LogP contribution is 2.24. The zero-order valence-electron chi connectivity index (χ0n) is 21.0. The van der Waals surface area contributed by atoms with Crippen molar-refractivity contribution in [3.8, 4) is 11.4 Å². The first-order chi connectivity index (χ1) is 18.9. The summed E-state index contributed by atoms with van der Waals surface area (Å²) in [6.45, 7) is -0.148. The van der Waals surface area contributed by atoms with Gasteiger partial charge >= 0.3 is 0 Å². The molecular weight excluding hydrogens is 540 g/mol. The molecule has 39 heavy (non-hydrogen) atoms. The second-order valence-electron chi connectivity index (χ2n) is 8.54. The lowest BCUT2D eigenvalue weighted by Gasteiger charge is -2.17. The molecule has 5 aromatic rings. The van der Waals surface area contributed by atoms with Gasteiger partial charge in [0.2, 0.25) is 17.6 Å². The Balaban J connectivity index is 1.39. The van der Waals surface area contributed by atoms with Crippen LogP contribution in [0, 0.1) is 0 Å². The lowest BCUT2D eigenvalue weighted by molar-refractivity contribution is -0.131. The average Bonchev–Trinajstić information content (AvgIpc) is 3.37. The molecule has 2 aromatic heterocycles. The van der Waals surface area contributed by atoms with Crippen molar-refractivity contribution in [3.05, 3.63) is 88.2 Å². The molecule has 0 radical (unpaired) electrons. The van der Waals surface area contributed by atoms with Crippen LogP contribution in [0.1, 0.15) is 0 Å². The van der Waals surface area contributed by atoms with Crippen LogP contribution in [0.4, 0.5) is 5.69 Å². The van der Waals surface area contributed by atoms with Crippen molar-refractivity contribution in [2.45, 2.75) is 5.16 Å². The summed E-state index contributed by atoms with van der Waals surface area (Å²) in [5, 5.41) is 12.6. The third kappa shape index (κ3) is 5.31. The van der Waals surface area contributed by atoms with Crippen molar-refractivity contribution in [1.29, 1.82) is 0 Å². The Labute approximate surface area is 232 Å². The first kappa shape index (κ1) is 26.3. The molecule has 0 unspecified atom stereocenters. The quantitative estimate of drug-likeness (QED) is 0.286. The average molecular weight is 563 g/mol. The Morgan fingerprint density at radius 1 is 1.03 bits per heavy atom. The summed E-state index contributed by atoms with van der Waals surface area (Å²) in [5.41, 5.74) is 1.45. The number of para-hydroxylation sites is 2. The third-order valence-electron chi connectivity index (χ3n) is 6.00. The number of halogens is 1. The maximum Gasteiger partial charge on any atom is 0.267 e. The molecule has 0 saturated heterocycles. The molecule has 0 aliphatic rings. The van der Waals surface area contributed by atoms with Gasteiger partial charge in [0.15, 0.2) is 5.16 Å². The predicted octanol–water partition coefficient (Wildman–Crippen LogP) is 3.88. The number of fused-ring (bicyclic) bond motifs is 3. The van der Waals surface area contributed by atoms with Gasteiger partial charge in [0.25, 0.3) is 5.56 Å². The second kappa shape index (κ2) is 11.2. The lowest BCUT2D eigenvalue weighted by Crippen LogP contribution is -2.36. The van der Waals surface area contributed by atoms with Gasteiger partial charge in [-0.3, -0.25) is 18.8 Å². The van der Waals surface area contributed by atoms with Crippen LogP contribution in [0.15, 0.2) is 82.7 Å². The molecule has 1 N–H and O–H groups in total. The van der Waals surface area contributed by atoms with Crippen LogP contribution < -0.4 is 15.6 Å². The molecule has 0 atom stereocenters. The Bertz CT molecular complexity index is 1750. The maximum absolute atomic E-state index is 13.5. The number of rotatable bonds is 8. The number of hydrogen-bond donors (Lipinski definition) is 1. The number of carbonyl (C=O) groups excluding carboxylic acids is 2. The number of aromatic nitrogens is 4. The number of carbonyl (C=O) groups is 2. The molecule has 10 nitrogen and oxygen atoms in total. The molecule has 0 fully saturated rings. The SMILES string of the molecule is COc1ccc(-n2c(=O)c3ccccc3n3c(SCC(=O)N(C)CC(=O)Nc4ccccc4Cl)nnc23)cc1. The first-order valence-electron chi connectivity index (χ1n) is 11.8. The van der Waals surface area contributed by atoms with E-state index in [1.807, 2.05) is 12.1 Å². The smallest absolute Gasteiger partial charge is 0.267 e. The largest absolute Gasteiger partial charge is 0.497 e. The van der Waals surface area contributed by atoms with Gasteiger partial charge in [0.05, 0.1) is 46.7 Å². The van der Waals surface area contributed by atoms with Crippen LogP contribution >= 0.6 is 23.4 Å². The minimum absolute atomic E-state index is 0.00660. The van der Waals surface area contributed by atoms with Gasteiger partial charge in [-0.05, 0) is 48.5 Å². The van der Waals surface area contributed by atoms with Crippen LogP contribution in [0.3, 0.4) is 0 Å². The standard InChI is InChI=1S/C27H23ClN6O4S/c1-32(15-23(35)29-21-9-5-4-8-20(21)28)24(36)16-39-27-31-30-26-33(17-11-13-18(38-2)14-12-17)25(37)19-7-3-6-10-22(19)34(26)27/h3-14H,15-16H2,1-2H3,(H,29,35). The molecule has 3 aromatic carbocycles. The summed E-state index contributed by atoms with van der Waals surface area (Å²) >= 11 is 7.26. The number of methoxy groups -OCH3 is 1. The summed E-state index contributed by atoms with van der Waals surface area (Å²) in [4.78, 5) is 40.1. The zero-order chi connectivity index (χ0) is 27.5. The van der Waals surface area contributed by atoms with E-state index in [2.05, 4.69) is 15.5 Å². The molecule has 0 bridgehead atoms. The van der Waals surface area contributed by atoms with Gasteiger partial charge in [-0.1, -0.05) is 47.6 Å². The Hall–Kier alpha value is -4.35. The van der Waals surface area contributed by atoms with Gasteiger partial charge in [0, 0.05) is 7.05 Å². The summed E-state index contributed by atoms with van der Waals surface area (Å²) < 4.78 is 8.47. The second-order valence-corrected chi connectivity index (χ2v) is 9.89. The van der Waals surface area contributed by atoms with Crippen molar-refractivity contribution in [2.75, 3.05) is 31.8 Å². The molecular formula is C27H23ClN6O4S. The number of benzene rings is 3. The summed E-state index contributed by atoms with van der Waals surface area (Å²) in [5.74, 6) is 0.327. The zero-order valence-corrected chi connectivity index (χ0v) is 22.6. The molecule has 0 spiro atoms. The molecule has 0 saturated carbocycles. The molecule has 0 aliphatic heterocycles. The van der Waals surface area contributed by atoms with Crippen molar-refractivity contribution >= 4 is 57.5 Å². The van der Waals surface area contributed by atoms with Crippen LogP contribution in [0.25, 0.3) is 22.4 Å². The number of likely N-dealkylation sites (N-methyl/N-ethyl adjacent to an activating group) is 1. The Kier molecular flexibility index (Phi) is 7.53. The van der Waals surface area contributed by atoms with E-state index in [0.29, 0.717) is 44.0 Å². The number of nitrogens with one attached hydrogen (secondary N) is 1. The fraction of sp³-hybridized carbons (Fsp3) is 0.148. The highest BCUT2D eigenvalue weighted by Gasteiger charge is 2.20. The van der Waals surface area contributed by atoms with Crippen molar-refractivity contribution in [1.82, 2.24) is 24.1 Å². The fourth-order valence-electron chi connectivity index (χ4n) is 4.03. The van der Waals surface area contributed by atoms with E-state index >= 15 is 0 Å². The highest BCUT2D eigenvalue weighted by molar-refractivity contribution is 7.99. The number of nitrogens with zero attached hydrogens (tertiary/aromatic N) is 5. The van der Waals surface area contributed by atoms with Crippen molar-refractivity contribution < 1.29 is 14.3 Å². The van der Waals surface area contributed by atoms with E-state index in [0.717, 1.165) is 0 Å². The van der Waals surface area contributed by atoms with E-state index in [1.54, 1.807) is 79.2 Å². The van der Waals surface area contributed by atoms with Crippen molar-refractivity contribution in [2.24, 2.45) is 0 Å². The number of anilines is 1. The van der Waals surface area contributed by atoms with Gasteiger partial charge in [-0.25, -0.2) is 4.57 Å².